The summed E-state index contributed by atoms with van der Waals surface area (Å²) in [5, 5.41) is 4.63. The molecule has 0 aliphatic heterocycles. The standard InChI is InChI=1S/C8H9ClN3/c1-6-5-12-8(11(6)2)4-3-7(9)10-12/h3-5H,1-2H3/q+1. The van der Waals surface area contributed by atoms with Crippen molar-refractivity contribution in [3.63, 3.8) is 0 Å². The minimum Gasteiger partial charge on any atom is -0.229 e. The average Bonchev–Trinajstić information content (AvgIpc) is 2.28. The molecule has 0 radical (unpaired) electrons. The van der Waals surface area contributed by atoms with Crippen LogP contribution in [-0.4, -0.2) is 9.61 Å². The van der Waals surface area contributed by atoms with E-state index in [9.17, 15) is 0 Å². The highest BCUT2D eigenvalue weighted by molar-refractivity contribution is 6.29. The predicted molar refractivity (Wildman–Crippen MR) is 46.1 cm³/mol. The molecule has 0 aliphatic rings. The maximum Gasteiger partial charge on any atom is 0.307 e. The van der Waals surface area contributed by atoms with Crippen molar-refractivity contribution in [1.82, 2.24) is 9.61 Å². The summed E-state index contributed by atoms with van der Waals surface area (Å²) < 4.78 is 3.83. The van der Waals surface area contributed by atoms with Gasteiger partial charge in [-0.2, -0.15) is 0 Å². The molecular formula is C8H9ClN3+. The van der Waals surface area contributed by atoms with Crippen molar-refractivity contribution in [2.75, 3.05) is 0 Å². The lowest BCUT2D eigenvalue weighted by molar-refractivity contribution is -0.650. The number of aryl methyl sites for hydroxylation is 2. The van der Waals surface area contributed by atoms with E-state index in [4.69, 9.17) is 11.6 Å². The number of rotatable bonds is 0. The first-order valence-electron chi connectivity index (χ1n) is 3.69. The second kappa shape index (κ2) is 2.45. The lowest BCUT2D eigenvalue weighted by atomic mass is 10.5. The van der Waals surface area contributed by atoms with Gasteiger partial charge in [-0.1, -0.05) is 21.2 Å². The molecule has 0 bridgehead atoms. The van der Waals surface area contributed by atoms with Gasteiger partial charge in [0.1, 0.15) is 5.69 Å². The fourth-order valence-electron chi connectivity index (χ4n) is 1.21. The molecule has 0 amide bonds. The molecule has 3 nitrogen and oxygen atoms in total. The van der Waals surface area contributed by atoms with E-state index in [1.807, 2.05) is 26.2 Å². The fourth-order valence-corrected chi connectivity index (χ4v) is 1.36. The minimum atomic E-state index is 0.512. The molecule has 2 rings (SSSR count). The van der Waals surface area contributed by atoms with Gasteiger partial charge in [-0.3, -0.25) is 0 Å². The van der Waals surface area contributed by atoms with Gasteiger partial charge in [0.15, 0.2) is 11.3 Å². The van der Waals surface area contributed by atoms with E-state index in [0.29, 0.717) is 5.15 Å². The van der Waals surface area contributed by atoms with Crippen LogP contribution in [0.25, 0.3) is 5.65 Å². The van der Waals surface area contributed by atoms with E-state index < -0.39 is 0 Å². The Balaban J connectivity index is 2.87. The SMILES string of the molecule is Cc1cn2nc(Cl)ccc2[n+]1C. The Bertz CT molecular complexity index is 433. The van der Waals surface area contributed by atoms with Gasteiger partial charge < -0.3 is 0 Å². The molecule has 0 spiro atoms. The van der Waals surface area contributed by atoms with Crippen molar-refractivity contribution in [2.45, 2.75) is 6.92 Å². The molecule has 0 fully saturated rings. The van der Waals surface area contributed by atoms with Crippen molar-refractivity contribution in [2.24, 2.45) is 7.05 Å². The lowest BCUT2D eigenvalue weighted by Crippen LogP contribution is -2.29. The molecule has 2 aromatic heterocycles. The Morgan fingerprint density at radius 3 is 3.00 bits per heavy atom. The summed E-state index contributed by atoms with van der Waals surface area (Å²) in [6, 6.07) is 3.73. The molecule has 0 aliphatic carbocycles. The molecule has 12 heavy (non-hydrogen) atoms. The zero-order chi connectivity index (χ0) is 8.72. The zero-order valence-electron chi connectivity index (χ0n) is 6.95. The molecular weight excluding hydrogens is 174 g/mol. The maximum atomic E-state index is 5.74. The summed E-state index contributed by atoms with van der Waals surface area (Å²) in [5.41, 5.74) is 2.20. The third-order valence-electron chi connectivity index (χ3n) is 1.99. The van der Waals surface area contributed by atoms with Crippen molar-refractivity contribution in [3.8, 4) is 0 Å². The van der Waals surface area contributed by atoms with Gasteiger partial charge in [0.2, 0.25) is 0 Å². The summed E-state index contributed by atoms with van der Waals surface area (Å²) in [4.78, 5) is 0. The van der Waals surface area contributed by atoms with Gasteiger partial charge >= 0.3 is 5.65 Å². The van der Waals surface area contributed by atoms with Crippen LogP contribution < -0.4 is 4.57 Å². The maximum absolute atomic E-state index is 5.74. The Morgan fingerprint density at radius 2 is 2.25 bits per heavy atom. The largest absolute Gasteiger partial charge is 0.307 e. The second-order valence-corrected chi connectivity index (χ2v) is 3.18. The Labute approximate surface area is 75.2 Å². The van der Waals surface area contributed by atoms with E-state index >= 15 is 0 Å². The quantitative estimate of drug-likeness (QED) is 0.560. The van der Waals surface area contributed by atoms with Crippen molar-refractivity contribution < 1.29 is 4.57 Å². The summed E-state index contributed by atoms with van der Waals surface area (Å²) in [6.45, 7) is 2.03. The molecule has 0 unspecified atom stereocenters. The lowest BCUT2D eigenvalue weighted by Gasteiger charge is -1.87. The first-order valence-corrected chi connectivity index (χ1v) is 4.07. The van der Waals surface area contributed by atoms with Crippen molar-refractivity contribution in [3.05, 3.63) is 29.2 Å². The van der Waals surface area contributed by atoms with Crippen LogP contribution in [0.1, 0.15) is 5.69 Å². The number of aromatic nitrogens is 3. The molecule has 2 heterocycles. The molecule has 62 valence electrons. The van der Waals surface area contributed by atoms with Gasteiger partial charge in [-0.25, -0.2) is 4.57 Å². The molecule has 0 saturated heterocycles. The highest BCUT2D eigenvalue weighted by atomic mass is 35.5. The minimum absolute atomic E-state index is 0.512. The molecule has 4 heteroatoms. The van der Waals surface area contributed by atoms with Gasteiger partial charge in [-0.05, 0) is 6.07 Å². The van der Waals surface area contributed by atoms with Crippen LogP contribution in [0, 0.1) is 6.92 Å². The number of fused-ring (bicyclic) bond motifs is 1. The van der Waals surface area contributed by atoms with E-state index in [-0.39, 0.29) is 0 Å². The van der Waals surface area contributed by atoms with Crippen LogP contribution in [-0.2, 0) is 7.05 Å². The molecule has 0 aromatic carbocycles. The zero-order valence-corrected chi connectivity index (χ0v) is 7.71. The Kier molecular flexibility index (Phi) is 1.54. The molecule has 0 saturated carbocycles. The van der Waals surface area contributed by atoms with Crippen LogP contribution in [0.15, 0.2) is 18.3 Å². The monoisotopic (exact) mass is 182 g/mol. The van der Waals surface area contributed by atoms with Crippen LogP contribution in [0.5, 0.6) is 0 Å². The van der Waals surface area contributed by atoms with Gasteiger partial charge in [-0.15, -0.1) is 0 Å². The van der Waals surface area contributed by atoms with Crippen molar-refractivity contribution in [1.29, 1.82) is 0 Å². The summed E-state index contributed by atoms with van der Waals surface area (Å²) >= 11 is 5.74. The first kappa shape index (κ1) is 7.55. The van der Waals surface area contributed by atoms with Gasteiger partial charge in [0.25, 0.3) is 0 Å². The smallest absolute Gasteiger partial charge is 0.229 e. The normalized spacial score (nSPS) is 10.9. The first-order chi connectivity index (χ1) is 5.68. The summed E-state index contributed by atoms with van der Waals surface area (Å²) in [6.07, 6.45) is 1.95. The number of nitrogens with zero attached hydrogens (tertiary/aromatic N) is 3. The van der Waals surface area contributed by atoms with Crippen LogP contribution in [0.4, 0.5) is 0 Å². The van der Waals surface area contributed by atoms with Gasteiger partial charge in [0.05, 0.1) is 7.05 Å². The average molecular weight is 183 g/mol. The predicted octanol–water partition coefficient (Wildman–Crippen LogP) is 1.12. The highest BCUT2D eigenvalue weighted by Gasteiger charge is 2.11. The number of hydrogen-bond donors (Lipinski definition) is 0. The van der Waals surface area contributed by atoms with Crippen molar-refractivity contribution >= 4 is 17.2 Å². The summed E-state index contributed by atoms with van der Waals surface area (Å²) in [7, 11) is 2.00. The number of imidazole rings is 1. The van der Waals surface area contributed by atoms with Crippen LogP contribution in [0.3, 0.4) is 0 Å². The van der Waals surface area contributed by atoms with E-state index in [1.54, 1.807) is 10.6 Å². The summed E-state index contributed by atoms with van der Waals surface area (Å²) in [5.74, 6) is 0. The Morgan fingerprint density at radius 1 is 1.50 bits per heavy atom. The topological polar surface area (TPSA) is 21.2 Å². The molecule has 0 N–H and O–H groups in total. The van der Waals surface area contributed by atoms with E-state index in [2.05, 4.69) is 9.67 Å². The Hall–Kier alpha value is -1.09. The van der Waals surface area contributed by atoms with E-state index in [0.717, 1.165) is 11.3 Å². The highest BCUT2D eigenvalue weighted by Crippen LogP contribution is 2.05. The van der Waals surface area contributed by atoms with E-state index in [1.165, 1.54) is 0 Å². The molecule has 2 aromatic rings. The fraction of sp³-hybridized carbons (Fsp3) is 0.250. The molecule has 0 atom stereocenters. The number of hydrogen-bond acceptors (Lipinski definition) is 1. The number of halogens is 1. The van der Waals surface area contributed by atoms with Gasteiger partial charge in [0, 0.05) is 13.0 Å². The second-order valence-electron chi connectivity index (χ2n) is 2.79. The third kappa shape index (κ3) is 0.975. The third-order valence-corrected chi connectivity index (χ3v) is 2.19. The van der Waals surface area contributed by atoms with Crippen LogP contribution >= 0.6 is 11.6 Å². The van der Waals surface area contributed by atoms with Crippen LogP contribution in [0.2, 0.25) is 5.15 Å².